The molecular formula is C15H25N3O. The van der Waals surface area contributed by atoms with Crippen molar-refractivity contribution in [3.63, 3.8) is 0 Å². The summed E-state index contributed by atoms with van der Waals surface area (Å²) < 4.78 is 5.43. The molecule has 0 aliphatic heterocycles. The molecule has 0 aromatic carbocycles. The highest BCUT2D eigenvalue weighted by Crippen LogP contribution is 2.38. The first kappa shape index (κ1) is 14.3. The van der Waals surface area contributed by atoms with Gasteiger partial charge in [-0.2, -0.15) is 0 Å². The minimum Gasteiger partial charge on any atom is -0.384 e. The van der Waals surface area contributed by atoms with E-state index in [1.807, 2.05) is 13.1 Å². The smallest absolute Gasteiger partial charge is 0.132 e. The Morgan fingerprint density at radius 1 is 1.37 bits per heavy atom. The van der Waals surface area contributed by atoms with Gasteiger partial charge in [0.2, 0.25) is 0 Å². The molecule has 1 heterocycles. The van der Waals surface area contributed by atoms with Crippen LogP contribution in [0.1, 0.15) is 44.0 Å². The second-order valence-corrected chi connectivity index (χ2v) is 5.64. The van der Waals surface area contributed by atoms with E-state index < -0.39 is 0 Å². The molecule has 1 aromatic rings. The number of aryl methyl sites for hydroxylation is 2. The molecular weight excluding hydrogens is 238 g/mol. The number of hydrogen-bond acceptors (Lipinski definition) is 4. The molecule has 0 saturated heterocycles. The average Bonchev–Trinajstić information content (AvgIpc) is 2.86. The number of rotatable bonds is 6. The van der Waals surface area contributed by atoms with Crippen LogP contribution in [-0.4, -0.2) is 30.2 Å². The van der Waals surface area contributed by atoms with Crippen molar-refractivity contribution in [3.8, 4) is 0 Å². The summed E-state index contributed by atoms with van der Waals surface area (Å²) in [6.45, 7) is 5.86. The van der Waals surface area contributed by atoms with E-state index in [1.54, 1.807) is 7.11 Å². The quantitative estimate of drug-likeness (QED) is 0.857. The number of ether oxygens (including phenoxy) is 1. The minimum absolute atomic E-state index is 0.290. The van der Waals surface area contributed by atoms with E-state index in [4.69, 9.17) is 4.74 Å². The third-order valence-corrected chi connectivity index (χ3v) is 4.11. The molecule has 0 atom stereocenters. The maximum atomic E-state index is 5.43. The molecule has 4 nitrogen and oxygen atoms in total. The van der Waals surface area contributed by atoms with E-state index in [-0.39, 0.29) is 0 Å². The number of anilines is 1. The summed E-state index contributed by atoms with van der Waals surface area (Å²) in [5.74, 6) is 1.82. The summed E-state index contributed by atoms with van der Waals surface area (Å²) in [5, 5.41) is 3.54. The molecule has 2 rings (SSSR count). The Kier molecular flexibility index (Phi) is 4.75. The Labute approximate surface area is 116 Å². The van der Waals surface area contributed by atoms with Gasteiger partial charge in [-0.05, 0) is 26.2 Å². The van der Waals surface area contributed by atoms with Gasteiger partial charge >= 0.3 is 0 Å². The van der Waals surface area contributed by atoms with E-state index in [2.05, 4.69) is 22.2 Å². The van der Waals surface area contributed by atoms with Gasteiger partial charge in [-0.15, -0.1) is 0 Å². The third-order valence-electron chi connectivity index (χ3n) is 4.11. The molecule has 1 N–H and O–H groups in total. The molecule has 1 saturated carbocycles. The molecule has 1 aliphatic carbocycles. The Bertz CT molecular complexity index is 414. The maximum Gasteiger partial charge on any atom is 0.132 e. The lowest BCUT2D eigenvalue weighted by molar-refractivity contribution is 0.0922. The van der Waals surface area contributed by atoms with Crippen LogP contribution < -0.4 is 5.32 Å². The molecule has 19 heavy (non-hydrogen) atoms. The van der Waals surface area contributed by atoms with Crippen molar-refractivity contribution in [3.05, 3.63) is 17.6 Å². The van der Waals surface area contributed by atoms with Crippen LogP contribution in [0.3, 0.4) is 0 Å². The second kappa shape index (κ2) is 6.33. The Morgan fingerprint density at radius 3 is 2.74 bits per heavy atom. The fourth-order valence-electron chi connectivity index (χ4n) is 2.98. The van der Waals surface area contributed by atoms with Crippen molar-refractivity contribution < 1.29 is 4.74 Å². The van der Waals surface area contributed by atoms with Crippen LogP contribution in [0.5, 0.6) is 0 Å². The van der Waals surface area contributed by atoms with Crippen molar-refractivity contribution in [2.45, 2.75) is 46.0 Å². The standard InChI is InChI=1S/C15H25N3O/c1-4-13-9-16-12(2)18-14(13)17-10-15(11-19-3)7-5-6-8-15/h9H,4-8,10-11H2,1-3H3,(H,16,17,18). The van der Waals surface area contributed by atoms with Gasteiger partial charge in [-0.3, -0.25) is 0 Å². The second-order valence-electron chi connectivity index (χ2n) is 5.64. The number of nitrogens with zero attached hydrogens (tertiary/aromatic N) is 2. The first-order chi connectivity index (χ1) is 9.19. The molecule has 0 bridgehead atoms. The average molecular weight is 263 g/mol. The van der Waals surface area contributed by atoms with Gasteiger partial charge in [0.05, 0.1) is 6.61 Å². The lowest BCUT2D eigenvalue weighted by Gasteiger charge is -2.29. The van der Waals surface area contributed by atoms with Crippen LogP contribution in [-0.2, 0) is 11.2 Å². The number of methoxy groups -OCH3 is 1. The van der Waals surface area contributed by atoms with Crippen molar-refractivity contribution >= 4 is 5.82 Å². The predicted molar refractivity (Wildman–Crippen MR) is 77.4 cm³/mol. The van der Waals surface area contributed by atoms with E-state index in [0.29, 0.717) is 5.41 Å². The largest absolute Gasteiger partial charge is 0.384 e. The van der Waals surface area contributed by atoms with Crippen molar-refractivity contribution in [2.75, 3.05) is 25.6 Å². The van der Waals surface area contributed by atoms with Crippen LogP contribution >= 0.6 is 0 Å². The summed E-state index contributed by atoms with van der Waals surface area (Å²) in [6, 6.07) is 0. The molecule has 0 spiro atoms. The molecule has 1 aliphatic rings. The minimum atomic E-state index is 0.290. The number of hydrogen-bond donors (Lipinski definition) is 1. The first-order valence-electron chi connectivity index (χ1n) is 7.24. The Morgan fingerprint density at radius 2 is 2.11 bits per heavy atom. The molecule has 0 amide bonds. The lowest BCUT2D eigenvalue weighted by atomic mass is 9.87. The highest BCUT2D eigenvalue weighted by atomic mass is 16.5. The highest BCUT2D eigenvalue weighted by molar-refractivity contribution is 5.43. The molecule has 0 unspecified atom stereocenters. The van der Waals surface area contributed by atoms with Crippen LogP contribution in [0.25, 0.3) is 0 Å². The van der Waals surface area contributed by atoms with Gasteiger partial charge in [0.15, 0.2) is 0 Å². The van der Waals surface area contributed by atoms with Crippen molar-refractivity contribution in [2.24, 2.45) is 5.41 Å². The molecule has 1 fully saturated rings. The zero-order valence-corrected chi connectivity index (χ0v) is 12.3. The lowest BCUT2D eigenvalue weighted by Crippen LogP contribution is -2.32. The molecule has 1 aromatic heterocycles. The van der Waals surface area contributed by atoms with Gasteiger partial charge in [0.25, 0.3) is 0 Å². The van der Waals surface area contributed by atoms with E-state index in [9.17, 15) is 0 Å². The van der Waals surface area contributed by atoms with Gasteiger partial charge in [0, 0.05) is 30.8 Å². The zero-order chi connectivity index (χ0) is 13.7. The number of nitrogens with one attached hydrogen (secondary N) is 1. The summed E-state index contributed by atoms with van der Waals surface area (Å²) in [4.78, 5) is 8.80. The van der Waals surface area contributed by atoms with E-state index >= 15 is 0 Å². The molecule has 0 radical (unpaired) electrons. The van der Waals surface area contributed by atoms with Crippen LogP contribution in [0, 0.1) is 12.3 Å². The monoisotopic (exact) mass is 263 g/mol. The first-order valence-corrected chi connectivity index (χ1v) is 7.24. The third kappa shape index (κ3) is 3.44. The maximum absolute atomic E-state index is 5.43. The van der Waals surface area contributed by atoms with Gasteiger partial charge < -0.3 is 10.1 Å². The Hall–Kier alpha value is -1.16. The topological polar surface area (TPSA) is 47.0 Å². The van der Waals surface area contributed by atoms with Crippen molar-refractivity contribution in [1.29, 1.82) is 0 Å². The molecule has 4 heteroatoms. The fraction of sp³-hybridized carbons (Fsp3) is 0.733. The van der Waals surface area contributed by atoms with Crippen LogP contribution in [0.2, 0.25) is 0 Å². The van der Waals surface area contributed by atoms with Gasteiger partial charge in [-0.1, -0.05) is 19.8 Å². The zero-order valence-electron chi connectivity index (χ0n) is 12.3. The van der Waals surface area contributed by atoms with E-state index in [0.717, 1.165) is 31.2 Å². The highest BCUT2D eigenvalue weighted by Gasteiger charge is 2.33. The van der Waals surface area contributed by atoms with E-state index in [1.165, 1.54) is 31.2 Å². The number of aromatic nitrogens is 2. The Balaban J connectivity index is 2.06. The normalized spacial score (nSPS) is 17.6. The van der Waals surface area contributed by atoms with Crippen LogP contribution in [0.4, 0.5) is 5.82 Å². The summed E-state index contributed by atoms with van der Waals surface area (Å²) in [7, 11) is 1.80. The summed E-state index contributed by atoms with van der Waals surface area (Å²) in [6.07, 6.45) is 8.02. The summed E-state index contributed by atoms with van der Waals surface area (Å²) >= 11 is 0. The predicted octanol–water partition coefficient (Wildman–Crippen LogP) is 2.97. The van der Waals surface area contributed by atoms with Gasteiger partial charge in [-0.25, -0.2) is 9.97 Å². The summed E-state index contributed by atoms with van der Waals surface area (Å²) in [5.41, 5.74) is 1.48. The molecule has 106 valence electrons. The SMILES string of the molecule is CCc1cnc(C)nc1NCC1(COC)CCCC1. The van der Waals surface area contributed by atoms with Crippen LogP contribution in [0.15, 0.2) is 6.20 Å². The van der Waals surface area contributed by atoms with Crippen molar-refractivity contribution in [1.82, 2.24) is 9.97 Å². The van der Waals surface area contributed by atoms with Gasteiger partial charge in [0.1, 0.15) is 11.6 Å². The fourth-order valence-corrected chi connectivity index (χ4v) is 2.98.